The highest BCUT2D eigenvalue weighted by Crippen LogP contribution is 2.52. The van der Waals surface area contributed by atoms with Gasteiger partial charge in [0.2, 0.25) is 17.7 Å². The number of halogens is 1. The summed E-state index contributed by atoms with van der Waals surface area (Å²) in [5.41, 5.74) is 5.92. The summed E-state index contributed by atoms with van der Waals surface area (Å²) < 4.78 is 8.44. The van der Waals surface area contributed by atoms with Crippen molar-refractivity contribution < 1.29 is 19.1 Å². The zero-order chi connectivity index (χ0) is 37.4. The Labute approximate surface area is 324 Å². The molecule has 5 aliphatic heterocycles. The van der Waals surface area contributed by atoms with Crippen molar-refractivity contribution in [3.63, 3.8) is 0 Å². The van der Waals surface area contributed by atoms with Gasteiger partial charge in [0.25, 0.3) is 5.56 Å². The Morgan fingerprint density at radius 1 is 0.909 bits per heavy atom. The number of carbonyl (C=O) groups excluding carboxylic acids is 3. The van der Waals surface area contributed by atoms with Gasteiger partial charge in [-0.1, -0.05) is 55.1 Å². The third-order valence-corrected chi connectivity index (χ3v) is 13.7. The van der Waals surface area contributed by atoms with Crippen molar-refractivity contribution in [2.24, 2.45) is 0 Å². The second-order valence-electron chi connectivity index (χ2n) is 16.4. The number of hydrogen-bond donors (Lipinski definition) is 1. The molecule has 3 saturated heterocycles. The molecular formula is C43H45ClN6O5. The maximum Gasteiger partial charge on any atom is 0.282 e. The van der Waals surface area contributed by atoms with Gasteiger partial charge in [-0.15, -0.1) is 0 Å². The van der Waals surface area contributed by atoms with Gasteiger partial charge in [-0.05, 0) is 98.1 Å². The van der Waals surface area contributed by atoms with Crippen LogP contribution in [0.3, 0.4) is 0 Å². The lowest BCUT2D eigenvalue weighted by Gasteiger charge is -2.46. The molecule has 3 aromatic carbocycles. The number of carbonyl (C=O) groups is 3. The standard InChI is InChI=1S/C43H45ClN6O5/c44-32-5-4-6-34-39(32)41(54)46-42-43(15-2-1-3-16-43)31-10-7-27(21-35(31)50(34)42)26-13-17-47(18-14-26)24-38(52)48-19-20-49-29(23-48)25-55-36-22-28(8-11-33(36)49)30-9-12-37(51)45-40(30)53/h4-8,10-11,21-22,26,29-30H,1-3,9,12-20,23-25H2,(H,45,51,53)/t29-,30?/m1/s1. The van der Waals surface area contributed by atoms with E-state index in [0.717, 1.165) is 92.2 Å². The van der Waals surface area contributed by atoms with Crippen LogP contribution in [0.2, 0.25) is 5.02 Å². The molecule has 55 heavy (non-hydrogen) atoms. The number of ether oxygens (including phenoxy) is 1. The molecule has 4 aromatic rings. The van der Waals surface area contributed by atoms with E-state index in [1.807, 2.05) is 35.2 Å². The van der Waals surface area contributed by atoms with Crippen LogP contribution in [0.5, 0.6) is 5.75 Å². The van der Waals surface area contributed by atoms with Gasteiger partial charge in [-0.2, -0.15) is 4.98 Å². The number of aromatic nitrogens is 2. The Kier molecular flexibility index (Phi) is 8.51. The number of piperazine rings is 1. The molecule has 0 radical (unpaired) electrons. The number of hydrogen-bond acceptors (Lipinski definition) is 8. The van der Waals surface area contributed by atoms with Gasteiger partial charge >= 0.3 is 0 Å². The molecule has 11 nitrogen and oxygen atoms in total. The topological polar surface area (TPSA) is 117 Å². The number of nitrogens with one attached hydrogen (secondary N) is 1. The number of benzene rings is 3. The van der Waals surface area contributed by atoms with Crippen molar-refractivity contribution in [3.05, 3.63) is 92.5 Å². The Balaban J connectivity index is 0.802. The summed E-state index contributed by atoms with van der Waals surface area (Å²) in [4.78, 5) is 62.5. The number of amides is 3. The van der Waals surface area contributed by atoms with E-state index >= 15 is 0 Å². The minimum atomic E-state index is -0.352. The van der Waals surface area contributed by atoms with E-state index in [-0.39, 0.29) is 40.7 Å². The molecule has 4 fully saturated rings. The number of anilines is 1. The highest BCUT2D eigenvalue weighted by Gasteiger charge is 2.47. The van der Waals surface area contributed by atoms with Crippen molar-refractivity contribution in [1.29, 1.82) is 0 Å². The Bertz CT molecular complexity index is 2310. The first-order valence-corrected chi connectivity index (χ1v) is 20.4. The number of piperidine rings is 2. The van der Waals surface area contributed by atoms with Crippen LogP contribution in [0.1, 0.15) is 92.1 Å². The van der Waals surface area contributed by atoms with Crippen LogP contribution in [0.25, 0.3) is 16.6 Å². The van der Waals surface area contributed by atoms with Gasteiger partial charge in [0.05, 0.1) is 51.2 Å². The number of nitrogens with zero attached hydrogens (tertiary/aromatic N) is 5. The van der Waals surface area contributed by atoms with Crippen LogP contribution < -0.4 is 20.5 Å². The zero-order valence-electron chi connectivity index (χ0n) is 30.9. The van der Waals surface area contributed by atoms with Gasteiger partial charge in [-0.25, -0.2) is 0 Å². The summed E-state index contributed by atoms with van der Waals surface area (Å²) in [6, 6.07) is 18.7. The lowest BCUT2D eigenvalue weighted by Crippen LogP contribution is -2.59. The summed E-state index contributed by atoms with van der Waals surface area (Å²) >= 11 is 6.59. The number of likely N-dealkylation sites (tertiary alicyclic amines) is 1. The van der Waals surface area contributed by atoms with E-state index in [9.17, 15) is 19.2 Å². The third kappa shape index (κ3) is 5.76. The van der Waals surface area contributed by atoms with Crippen LogP contribution in [-0.4, -0.2) is 89.0 Å². The lowest BCUT2D eigenvalue weighted by molar-refractivity contribution is -0.135. The zero-order valence-corrected chi connectivity index (χ0v) is 31.7. The molecule has 6 aliphatic rings. The molecule has 284 valence electrons. The first-order chi connectivity index (χ1) is 26.8. The molecule has 1 saturated carbocycles. The number of rotatable bonds is 4. The predicted molar refractivity (Wildman–Crippen MR) is 209 cm³/mol. The molecule has 1 N–H and O–H groups in total. The molecule has 2 atom stereocenters. The molecule has 1 spiro atoms. The highest BCUT2D eigenvalue weighted by molar-refractivity contribution is 6.35. The highest BCUT2D eigenvalue weighted by atomic mass is 35.5. The molecule has 10 rings (SSSR count). The van der Waals surface area contributed by atoms with Crippen LogP contribution in [0.4, 0.5) is 5.69 Å². The Hall–Kier alpha value is -4.74. The van der Waals surface area contributed by atoms with Crippen molar-refractivity contribution in [2.75, 3.05) is 50.8 Å². The monoisotopic (exact) mass is 760 g/mol. The second-order valence-corrected chi connectivity index (χ2v) is 16.8. The van der Waals surface area contributed by atoms with Gasteiger partial charge in [0, 0.05) is 26.1 Å². The van der Waals surface area contributed by atoms with Gasteiger partial charge in [0.15, 0.2) is 0 Å². The van der Waals surface area contributed by atoms with Crippen LogP contribution >= 0.6 is 11.6 Å². The van der Waals surface area contributed by atoms with Crippen molar-refractivity contribution in [1.82, 2.24) is 24.7 Å². The SMILES string of the molecule is O=C1CCC(c2ccc3c(c2)OC[C@H]2CN(C(=O)CN4CCC(c5ccc6c(c5)-n5c(nc(=O)c7c(Cl)cccc75)C65CCCCC5)CC4)CCN32)C(=O)N1. The average molecular weight is 761 g/mol. The van der Waals surface area contributed by atoms with E-state index < -0.39 is 0 Å². The number of fused-ring (bicyclic) bond motifs is 10. The Morgan fingerprint density at radius 3 is 2.55 bits per heavy atom. The predicted octanol–water partition coefficient (Wildman–Crippen LogP) is 5.41. The fourth-order valence-corrected chi connectivity index (χ4v) is 10.8. The van der Waals surface area contributed by atoms with E-state index in [0.29, 0.717) is 55.4 Å². The van der Waals surface area contributed by atoms with Crippen molar-refractivity contribution in [3.8, 4) is 11.4 Å². The molecule has 3 amide bonds. The third-order valence-electron chi connectivity index (χ3n) is 13.4. The van der Waals surface area contributed by atoms with Crippen LogP contribution in [-0.2, 0) is 19.8 Å². The minimum absolute atomic E-state index is 0.0662. The largest absolute Gasteiger partial charge is 0.489 e. The van der Waals surface area contributed by atoms with E-state index in [1.165, 1.54) is 17.5 Å². The maximum atomic E-state index is 13.7. The summed E-state index contributed by atoms with van der Waals surface area (Å²) in [5, 5.41) is 3.38. The lowest BCUT2D eigenvalue weighted by atomic mass is 9.69. The maximum absolute atomic E-state index is 13.7. The fraction of sp³-hybridized carbons (Fsp3) is 0.465. The average Bonchev–Trinajstić information content (AvgIpc) is 3.45. The fourth-order valence-electron chi connectivity index (χ4n) is 10.5. The van der Waals surface area contributed by atoms with Gasteiger partial charge < -0.3 is 14.5 Å². The summed E-state index contributed by atoms with van der Waals surface area (Å²) in [6.07, 6.45) is 8.22. The first kappa shape index (κ1) is 34.7. The van der Waals surface area contributed by atoms with E-state index in [2.05, 4.69) is 37.9 Å². The van der Waals surface area contributed by atoms with Gasteiger partial charge in [-0.3, -0.25) is 34.0 Å². The molecule has 1 unspecified atom stereocenters. The first-order valence-electron chi connectivity index (χ1n) is 20.0. The smallest absolute Gasteiger partial charge is 0.282 e. The normalized spacial score (nSPS) is 23.5. The van der Waals surface area contributed by atoms with Crippen molar-refractivity contribution in [2.45, 2.75) is 81.1 Å². The summed E-state index contributed by atoms with van der Waals surface area (Å²) in [6.45, 7) is 4.59. The molecular weight excluding hydrogens is 716 g/mol. The number of imide groups is 1. The Morgan fingerprint density at radius 2 is 1.73 bits per heavy atom. The molecule has 12 heteroatoms. The van der Waals surface area contributed by atoms with E-state index in [4.69, 9.17) is 21.3 Å². The molecule has 0 bridgehead atoms. The van der Waals surface area contributed by atoms with Crippen LogP contribution in [0, 0.1) is 0 Å². The summed E-state index contributed by atoms with van der Waals surface area (Å²) in [7, 11) is 0. The summed E-state index contributed by atoms with van der Waals surface area (Å²) in [5.74, 6) is 1.35. The van der Waals surface area contributed by atoms with E-state index in [1.54, 1.807) is 6.07 Å². The molecule has 6 heterocycles. The quantitative estimate of drug-likeness (QED) is 0.275. The van der Waals surface area contributed by atoms with Gasteiger partial charge in [0.1, 0.15) is 18.2 Å². The molecule has 1 aliphatic carbocycles. The van der Waals surface area contributed by atoms with Crippen LogP contribution in [0.15, 0.2) is 59.4 Å². The minimum Gasteiger partial charge on any atom is -0.489 e. The van der Waals surface area contributed by atoms with Crippen molar-refractivity contribution >= 4 is 45.9 Å². The molecule has 1 aromatic heterocycles. The second kappa shape index (κ2) is 13.5.